The molecule has 1 atom stereocenters. The van der Waals surface area contributed by atoms with Gasteiger partial charge in [-0.15, -0.1) is 6.58 Å². The SMILES string of the molecule is C=CCCCCC(CCCCCCCC)C(OC)(OC)OC. The molecule has 3 heteroatoms. The van der Waals surface area contributed by atoms with Crippen molar-refractivity contribution in [2.45, 2.75) is 83.5 Å². The minimum absolute atomic E-state index is 0.281. The molecule has 0 rings (SSSR count). The summed E-state index contributed by atoms with van der Waals surface area (Å²) in [6.07, 6.45) is 15.4. The van der Waals surface area contributed by atoms with Crippen LogP contribution in [0.15, 0.2) is 12.7 Å². The molecule has 0 heterocycles. The van der Waals surface area contributed by atoms with Gasteiger partial charge in [0.15, 0.2) is 0 Å². The van der Waals surface area contributed by atoms with Crippen LogP contribution in [0.3, 0.4) is 0 Å². The van der Waals surface area contributed by atoms with Crippen molar-refractivity contribution in [2.75, 3.05) is 21.3 Å². The molecule has 22 heavy (non-hydrogen) atoms. The van der Waals surface area contributed by atoms with Crippen LogP contribution in [0.25, 0.3) is 0 Å². The molecule has 0 aliphatic heterocycles. The van der Waals surface area contributed by atoms with E-state index in [9.17, 15) is 0 Å². The van der Waals surface area contributed by atoms with Crippen molar-refractivity contribution in [1.29, 1.82) is 0 Å². The number of hydrogen-bond donors (Lipinski definition) is 0. The van der Waals surface area contributed by atoms with Gasteiger partial charge in [-0.2, -0.15) is 0 Å². The van der Waals surface area contributed by atoms with Gasteiger partial charge < -0.3 is 14.2 Å². The lowest BCUT2D eigenvalue weighted by Gasteiger charge is -2.36. The lowest BCUT2D eigenvalue weighted by atomic mass is 9.92. The van der Waals surface area contributed by atoms with Gasteiger partial charge >= 0.3 is 0 Å². The van der Waals surface area contributed by atoms with Crippen LogP contribution in [0, 0.1) is 5.92 Å². The number of unbranched alkanes of at least 4 members (excludes halogenated alkanes) is 7. The Morgan fingerprint density at radius 3 is 1.82 bits per heavy atom. The van der Waals surface area contributed by atoms with Gasteiger partial charge in [-0.3, -0.25) is 0 Å². The standard InChI is InChI=1S/C19H38O3/c1-6-8-10-12-13-15-17-18(16-14-11-9-7-2)19(20-3,21-4)22-5/h7,18H,2,6,8-17H2,1,3-5H3. The number of rotatable bonds is 16. The zero-order chi connectivity index (χ0) is 16.7. The first-order valence-corrected chi connectivity index (χ1v) is 8.97. The van der Waals surface area contributed by atoms with E-state index in [1.165, 1.54) is 44.9 Å². The van der Waals surface area contributed by atoms with Crippen molar-refractivity contribution in [3.63, 3.8) is 0 Å². The lowest BCUT2D eigenvalue weighted by Crippen LogP contribution is -2.44. The molecular formula is C19H38O3. The Morgan fingerprint density at radius 1 is 0.818 bits per heavy atom. The fourth-order valence-electron chi connectivity index (χ4n) is 3.10. The van der Waals surface area contributed by atoms with Gasteiger partial charge in [0.1, 0.15) is 0 Å². The Morgan fingerprint density at radius 2 is 1.32 bits per heavy atom. The van der Waals surface area contributed by atoms with Gasteiger partial charge in [0.2, 0.25) is 0 Å². The third-order valence-corrected chi connectivity index (χ3v) is 4.47. The molecule has 0 fully saturated rings. The molecule has 0 aromatic heterocycles. The summed E-state index contributed by atoms with van der Waals surface area (Å²) in [6.45, 7) is 6.04. The van der Waals surface area contributed by atoms with E-state index >= 15 is 0 Å². The van der Waals surface area contributed by atoms with Gasteiger partial charge in [0.25, 0.3) is 5.97 Å². The second-order valence-electron chi connectivity index (χ2n) is 6.04. The Balaban J connectivity index is 4.34. The van der Waals surface area contributed by atoms with Crippen molar-refractivity contribution in [3.8, 4) is 0 Å². The average molecular weight is 315 g/mol. The Labute approximate surface area is 138 Å². The van der Waals surface area contributed by atoms with E-state index in [0.29, 0.717) is 0 Å². The van der Waals surface area contributed by atoms with E-state index in [0.717, 1.165) is 25.7 Å². The molecule has 3 nitrogen and oxygen atoms in total. The van der Waals surface area contributed by atoms with Gasteiger partial charge in [-0.25, -0.2) is 0 Å². The molecule has 0 N–H and O–H groups in total. The summed E-state index contributed by atoms with van der Waals surface area (Å²) in [6, 6.07) is 0. The molecule has 0 bridgehead atoms. The van der Waals surface area contributed by atoms with Crippen molar-refractivity contribution in [3.05, 3.63) is 12.7 Å². The topological polar surface area (TPSA) is 27.7 Å². The van der Waals surface area contributed by atoms with Crippen LogP contribution in [0.5, 0.6) is 0 Å². The maximum atomic E-state index is 5.59. The van der Waals surface area contributed by atoms with Crippen molar-refractivity contribution >= 4 is 0 Å². The van der Waals surface area contributed by atoms with E-state index < -0.39 is 5.97 Å². The third kappa shape index (κ3) is 8.30. The molecule has 0 aromatic rings. The largest absolute Gasteiger partial charge is 0.331 e. The van der Waals surface area contributed by atoms with Crippen molar-refractivity contribution in [2.24, 2.45) is 5.92 Å². The van der Waals surface area contributed by atoms with Crippen LogP contribution < -0.4 is 0 Å². The van der Waals surface area contributed by atoms with Gasteiger partial charge in [-0.1, -0.05) is 57.9 Å². The highest BCUT2D eigenvalue weighted by molar-refractivity contribution is 4.73. The predicted molar refractivity (Wildman–Crippen MR) is 93.9 cm³/mol. The molecule has 0 radical (unpaired) electrons. The van der Waals surface area contributed by atoms with Crippen LogP contribution in [0.1, 0.15) is 77.6 Å². The second-order valence-corrected chi connectivity index (χ2v) is 6.04. The van der Waals surface area contributed by atoms with Crippen LogP contribution in [0.2, 0.25) is 0 Å². The summed E-state index contributed by atoms with van der Waals surface area (Å²) < 4.78 is 16.8. The van der Waals surface area contributed by atoms with Crippen LogP contribution in [-0.4, -0.2) is 27.3 Å². The molecule has 1 unspecified atom stereocenters. The highest BCUT2D eigenvalue weighted by Gasteiger charge is 2.39. The van der Waals surface area contributed by atoms with E-state index in [2.05, 4.69) is 13.5 Å². The monoisotopic (exact) mass is 314 g/mol. The van der Waals surface area contributed by atoms with Crippen molar-refractivity contribution < 1.29 is 14.2 Å². The maximum absolute atomic E-state index is 5.59. The molecular weight excluding hydrogens is 276 g/mol. The summed E-state index contributed by atoms with van der Waals surface area (Å²) in [7, 11) is 5.01. The molecule has 132 valence electrons. The predicted octanol–water partition coefficient (Wildman–Crippen LogP) is 5.69. The Hall–Kier alpha value is -0.380. The first-order valence-electron chi connectivity index (χ1n) is 8.97. The van der Waals surface area contributed by atoms with Gasteiger partial charge in [0.05, 0.1) is 0 Å². The first kappa shape index (κ1) is 21.6. The molecule has 0 amide bonds. The van der Waals surface area contributed by atoms with Crippen LogP contribution in [-0.2, 0) is 14.2 Å². The fraction of sp³-hybridized carbons (Fsp3) is 0.895. The normalized spacial score (nSPS) is 13.3. The van der Waals surface area contributed by atoms with Gasteiger partial charge in [-0.05, 0) is 25.7 Å². The Bertz CT molecular complexity index is 241. The summed E-state index contributed by atoms with van der Waals surface area (Å²) in [5.74, 6) is -0.610. The van der Waals surface area contributed by atoms with Crippen LogP contribution >= 0.6 is 0 Å². The van der Waals surface area contributed by atoms with E-state index in [-0.39, 0.29) is 5.92 Å². The first-order chi connectivity index (χ1) is 10.7. The minimum atomic E-state index is -0.891. The van der Waals surface area contributed by atoms with E-state index in [4.69, 9.17) is 14.2 Å². The number of hydrogen-bond acceptors (Lipinski definition) is 3. The van der Waals surface area contributed by atoms with Crippen LogP contribution in [0.4, 0.5) is 0 Å². The number of ether oxygens (including phenoxy) is 3. The molecule has 0 spiro atoms. The molecule has 0 saturated heterocycles. The summed E-state index contributed by atoms with van der Waals surface area (Å²) >= 11 is 0. The molecule has 0 saturated carbocycles. The zero-order valence-corrected chi connectivity index (χ0v) is 15.4. The number of methoxy groups -OCH3 is 3. The van der Waals surface area contributed by atoms with Crippen molar-refractivity contribution in [1.82, 2.24) is 0 Å². The summed E-state index contributed by atoms with van der Waals surface area (Å²) in [4.78, 5) is 0. The number of allylic oxidation sites excluding steroid dienone is 1. The lowest BCUT2D eigenvalue weighted by molar-refractivity contribution is -0.380. The molecule has 0 aromatic carbocycles. The quantitative estimate of drug-likeness (QED) is 0.208. The maximum Gasteiger partial charge on any atom is 0.285 e. The summed E-state index contributed by atoms with van der Waals surface area (Å²) in [5, 5.41) is 0. The highest BCUT2D eigenvalue weighted by atomic mass is 16.9. The smallest absolute Gasteiger partial charge is 0.285 e. The molecule has 0 aliphatic carbocycles. The van der Waals surface area contributed by atoms with Gasteiger partial charge in [0, 0.05) is 27.2 Å². The Kier molecular flexibility index (Phi) is 14.0. The second kappa shape index (κ2) is 14.2. The van der Waals surface area contributed by atoms with E-state index in [1.54, 1.807) is 21.3 Å². The average Bonchev–Trinajstić information content (AvgIpc) is 2.55. The zero-order valence-electron chi connectivity index (χ0n) is 15.4. The fourth-order valence-corrected chi connectivity index (χ4v) is 3.10. The van der Waals surface area contributed by atoms with E-state index in [1.807, 2.05) is 6.08 Å². The minimum Gasteiger partial charge on any atom is -0.331 e. The third-order valence-electron chi connectivity index (χ3n) is 4.47. The molecule has 0 aliphatic rings. The summed E-state index contributed by atoms with van der Waals surface area (Å²) in [5.41, 5.74) is 0. The highest BCUT2D eigenvalue weighted by Crippen LogP contribution is 2.32.